The first-order chi connectivity index (χ1) is 12.7. The molecule has 1 fully saturated rings. The molecule has 1 saturated carbocycles. The maximum Gasteiger partial charge on any atom is 0.233 e. The van der Waals surface area contributed by atoms with Crippen LogP contribution in [0.3, 0.4) is 0 Å². The molecule has 1 N–H and O–H groups in total. The number of carbonyl (C=O) groups excluding carboxylic acids is 1. The molecule has 1 aliphatic carbocycles. The molecule has 8 heteroatoms. The van der Waals surface area contributed by atoms with Gasteiger partial charge < -0.3 is 9.73 Å². The van der Waals surface area contributed by atoms with Gasteiger partial charge in [-0.1, -0.05) is 11.8 Å². The van der Waals surface area contributed by atoms with E-state index in [1.807, 2.05) is 35.8 Å². The second-order valence-corrected chi connectivity index (χ2v) is 7.56. The van der Waals surface area contributed by atoms with Crippen LogP contribution < -0.4 is 5.32 Å². The average molecular weight is 369 g/mol. The van der Waals surface area contributed by atoms with Crippen molar-refractivity contribution in [3.63, 3.8) is 0 Å². The van der Waals surface area contributed by atoms with E-state index < -0.39 is 0 Å². The van der Waals surface area contributed by atoms with Crippen LogP contribution in [0.1, 0.15) is 25.5 Å². The highest BCUT2D eigenvalue weighted by Gasteiger charge is 2.27. The average Bonchev–Trinajstić information content (AvgIpc) is 3.16. The second-order valence-electron chi connectivity index (χ2n) is 6.26. The van der Waals surface area contributed by atoms with Crippen LogP contribution in [-0.2, 0) is 11.3 Å². The van der Waals surface area contributed by atoms with Crippen molar-refractivity contribution in [2.75, 3.05) is 0 Å². The van der Waals surface area contributed by atoms with Gasteiger partial charge in [0.25, 0.3) is 0 Å². The summed E-state index contributed by atoms with van der Waals surface area (Å²) >= 11 is 1.40. The van der Waals surface area contributed by atoms with Crippen LogP contribution in [0.15, 0.2) is 52.5 Å². The van der Waals surface area contributed by atoms with Crippen molar-refractivity contribution in [2.24, 2.45) is 0 Å². The molecule has 0 aliphatic heterocycles. The Morgan fingerprint density at radius 2 is 2.27 bits per heavy atom. The number of carbonyl (C=O) groups is 1. The standard InChI is InChI=1S/C18H19N5O2S/c1-12(17(24)20-14-6-7-14)26-18-22-21-16(13-4-2-8-19-10-13)23(18)11-15-5-3-9-25-15/h2-5,8-10,12,14H,6-7,11H2,1H3,(H,20,24)/t12-/m0/s1. The molecule has 4 rings (SSSR count). The molecule has 3 heterocycles. The minimum atomic E-state index is -0.253. The topological polar surface area (TPSA) is 85.8 Å². The molecule has 26 heavy (non-hydrogen) atoms. The highest BCUT2D eigenvalue weighted by molar-refractivity contribution is 8.00. The summed E-state index contributed by atoms with van der Waals surface area (Å²) in [4.78, 5) is 16.4. The third-order valence-corrected chi connectivity index (χ3v) is 5.19. The highest BCUT2D eigenvalue weighted by Crippen LogP contribution is 2.28. The van der Waals surface area contributed by atoms with Crippen molar-refractivity contribution < 1.29 is 9.21 Å². The summed E-state index contributed by atoms with van der Waals surface area (Å²) in [6, 6.07) is 7.90. The normalized spacial score (nSPS) is 15.0. The van der Waals surface area contributed by atoms with Crippen molar-refractivity contribution in [3.05, 3.63) is 48.7 Å². The van der Waals surface area contributed by atoms with Gasteiger partial charge in [0.15, 0.2) is 11.0 Å². The molecule has 0 unspecified atom stereocenters. The molecule has 0 saturated heterocycles. The van der Waals surface area contributed by atoms with Gasteiger partial charge >= 0.3 is 0 Å². The van der Waals surface area contributed by atoms with Crippen molar-refractivity contribution in [1.29, 1.82) is 0 Å². The first-order valence-corrected chi connectivity index (χ1v) is 9.41. The molecule has 134 valence electrons. The van der Waals surface area contributed by atoms with Crippen molar-refractivity contribution in [1.82, 2.24) is 25.1 Å². The largest absolute Gasteiger partial charge is 0.467 e. The Hall–Kier alpha value is -2.61. The lowest BCUT2D eigenvalue weighted by molar-refractivity contribution is -0.120. The zero-order chi connectivity index (χ0) is 17.9. The summed E-state index contributed by atoms with van der Waals surface area (Å²) < 4.78 is 7.45. The van der Waals surface area contributed by atoms with E-state index in [1.165, 1.54) is 11.8 Å². The molecule has 7 nitrogen and oxygen atoms in total. The highest BCUT2D eigenvalue weighted by atomic mass is 32.2. The Balaban J connectivity index is 1.60. The predicted octanol–water partition coefficient (Wildman–Crippen LogP) is 2.74. The number of hydrogen-bond donors (Lipinski definition) is 1. The number of rotatable bonds is 7. The predicted molar refractivity (Wildman–Crippen MR) is 97.5 cm³/mol. The molecular formula is C18H19N5O2S. The summed E-state index contributed by atoms with van der Waals surface area (Å²) in [5.41, 5.74) is 0.869. The van der Waals surface area contributed by atoms with Gasteiger partial charge in [-0.05, 0) is 44.0 Å². The van der Waals surface area contributed by atoms with Crippen molar-refractivity contribution >= 4 is 17.7 Å². The van der Waals surface area contributed by atoms with Gasteiger partial charge in [0.2, 0.25) is 5.91 Å². The minimum absolute atomic E-state index is 0.0352. The smallest absolute Gasteiger partial charge is 0.233 e. The fraction of sp³-hybridized carbons (Fsp3) is 0.333. The van der Waals surface area contributed by atoms with Crippen LogP contribution in [0, 0.1) is 0 Å². The van der Waals surface area contributed by atoms with Gasteiger partial charge in [-0.3, -0.25) is 14.3 Å². The van der Waals surface area contributed by atoms with Crippen LogP contribution in [-0.4, -0.2) is 36.9 Å². The van der Waals surface area contributed by atoms with Crippen LogP contribution in [0.4, 0.5) is 0 Å². The minimum Gasteiger partial charge on any atom is -0.467 e. The van der Waals surface area contributed by atoms with E-state index in [2.05, 4.69) is 20.5 Å². The Kier molecular flexibility index (Phi) is 4.75. The third kappa shape index (κ3) is 3.80. The molecular weight excluding hydrogens is 350 g/mol. The molecule has 0 bridgehead atoms. The van der Waals surface area contributed by atoms with Crippen LogP contribution in [0.25, 0.3) is 11.4 Å². The summed E-state index contributed by atoms with van der Waals surface area (Å²) in [6.07, 6.45) is 7.25. The Labute approximate surface area is 155 Å². The number of aromatic nitrogens is 4. The number of thioether (sulfide) groups is 1. The van der Waals surface area contributed by atoms with E-state index in [0.29, 0.717) is 23.6 Å². The van der Waals surface area contributed by atoms with Crippen LogP contribution >= 0.6 is 11.8 Å². The lowest BCUT2D eigenvalue weighted by atomic mass is 10.2. The van der Waals surface area contributed by atoms with Gasteiger partial charge in [-0.15, -0.1) is 10.2 Å². The zero-order valence-corrected chi connectivity index (χ0v) is 15.1. The van der Waals surface area contributed by atoms with E-state index in [1.54, 1.807) is 18.7 Å². The third-order valence-electron chi connectivity index (χ3n) is 4.11. The number of furan rings is 1. The summed E-state index contributed by atoms with van der Waals surface area (Å²) in [7, 11) is 0. The molecule has 3 aromatic heterocycles. The van der Waals surface area contributed by atoms with Crippen LogP contribution in [0.5, 0.6) is 0 Å². The van der Waals surface area contributed by atoms with E-state index >= 15 is 0 Å². The Bertz CT molecular complexity index is 874. The van der Waals surface area contributed by atoms with Gasteiger partial charge in [0.05, 0.1) is 18.1 Å². The van der Waals surface area contributed by atoms with Crippen molar-refractivity contribution in [3.8, 4) is 11.4 Å². The number of hydrogen-bond acceptors (Lipinski definition) is 6. The monoisotopic (exact) mass is 369 g/mol. The molecule has 1 amide bonds. The molecule has 0 aromatic carbocycles. The fourth-order valence-electron chi connectivity index (χ4n) is 2.54. The zero-order valence-electron chi connectivity index (χ0n) is 14.3. The Morgan fingerprint density at radius 3 is 2.96 bits per heavy atom. The fourth-order valence-corrected chi connectivity index (χ4v) is 3.40. The molecule has 3 aromatic rings. The van der Waals surface area contributed by atoms with Gasteiger partial charge in [0, 0.05) is 24.0 Å². The Morgan fingerprint density at radius 1 is 1.38 bits per heavy atom. The van der Waals surface area contributed by atoms with Crippen molar-refractivity contribution in [2.45, 2.75) is 42.8 Å². The quantitative estimate of drug-likeness (QED) is 0.645. The molecule has 0 radical (unpaired) electrons. The van der Waals surface area contributed by atoms with Crippen LogP contribution in [0.2, 0.25) is 0 Å². The summed E-state index contributed by atoms with van der Waals surface area (Å²) in [6.45, 7) is 2.38. The number of amides is 1. The number of nitrogens with zero attached hydrogens (tertiary/aromatic N) is 4. The molecule has 1 atom stereocenters. The lowest BCUT2D eigenvalue weighted by Crippen LogP contribution is -2.32. The summed E-state index contributed by atoms with van der Waals surface area (Å²) in [5.74, 6) is 1.53. The van der Waals surface area contributed by atoms with Gasteiger partial charge in [0.1, 0.15) is 5.76 Å². The SMILES string of the molecule is C[C@H](Sc1nnc(-c2cccnc2)n1Cc1ccco1)C(=O)NC1CC1. The van der Waals surface area contributed by atoms with E-state index in [-0.39, 0.29) is 11.2 Å². The maximum atomic E-state index is 12.3. The van der Waals surface area contributed by atoms with E-state index in [9.17, 15) is 4.79 Å². The van der Waals surface area contributed by atoms with Gasteiger partial charge in [-0.2, -0.15) is 0 Å². The van der Waals surface area contributed by atoms with E-state index in [0.717, 1.165) is 24.2 Å². The maximum absolute atomic E-state index is 12.3. The molecule has 0 spiro atoms. The second kappa shape index (κ2) is 7.33. The number of nitrogens with one attached hydrogen (secondary N) is 1. The number of pyridine rings is 1. The summed E-state index contributed by atoms with van der Waals surface area (Å²) in [5, 5.41) is 12.1. The first-order valence-electron chi connectivity index (χ1n) is 8.53. The molecule has 1 aliphatic rings. The van der Waals surface area contributed by atoms with E-state index in [4.69, 9.17) is 4.42 Å². The first kappa shape index (κ1) is 16.8. The lowest BCUT2D eigenvalue weighted by Gasteiger charge is -2.13. The van der Waals surface area contributed by atoms with Gasteiger partial charge in [-0.25, -0.2) is 0 Å².